The van der Waals surface area contributed by atoms with Gasteiger partial charge in [-0.05, 0) is 25.2 Å². The highest BCUT2D eigenvalue weighted by Crippen LogP contribution is 2.23. The maximum absolute atomic E-state index is 12.7. The topological polar surface area (TPSA) is 74.2 Å². The van der Waals surface area contributed by atoms with Crippen LogP contribution in [-0.4, -0.2) is 63.9 Å². The summed E-state index contributed by atoms with van der Waals surface area (Å²) in [5, 5.41) is 4.22. The summed E-state index contributed by atoms with van der Waals surface area (Å²) in [7, 11) is 2.06. The largest absolute Gasteiger partial charge is 0.335 e. The van der Waals surface area contributed by atoms with Crippen LogP contribution in [-0.2, 0) is 0 Å². The van der Waals surface area contributed by atoms with Crippen molar-refractivity contribution in [3.05, 3.63) is 54.5 Å². The van der Waals surface area contributed by atoms with E-state index in [1.807, 2.05) is 35.2 Å². The van der Waals surface area contributed by atoms with Crippen LogP contribution in [0.3, 0.4) is 0 Å². The third kappa shape index (κ3) is 3.34. The molecule has 0 aliphatic carbocycles. The van der Waals surface area contributed by atoms with Gasteiger partial charge >= 0.3 is 0 Å². The highest BCUT2D eigenvalue weighted by Gasteiger charge is 2.21. The summed E-state index contributed by atoms with van der Waals surface area (Å²) in [5.41, 5.74) is 2.06. The molecule has 0 atom stereocenters. The zero-order valence-corrected chi connectivity index (χ0v) is 14.6. The Morgan fingerprint density at radius 3 is 2.65 bits per heavy atom. The Kier molecular flexibility index (Phi) is 4.45. The van der Waals surface area contributed by atoms with E-state index in [1.54, 1.807) is 18.5 Å². The standard InChI is InChI=1S/C19H20N6O/c1-24-10-12-25(13-11-24)18(26)16-7-9-21-19(23-16)22-15-6-2-4-14-5-3-8-20-17(14)15/h2-9H,10-13H2,1H3,(H,21,22,23). The van der Waals surface area contributed by atoms with Gasteiger partial charge in [0.15, 0.2) is 0 Å². The van der Waals surface area contributed by atoms with E-state index in [0.717, 1.165) is 42.8 Å². The second-order valence-electron chi connectivity index (χ2n) is 6.37. The van der Waals surface area contributed by atoms with Crippen LogP contribution < -0.4 is 5.32 Å². The lowest BCUT2D eigenvalue weighted by atomic mass is 10.2. The lowest BCUT2D eigenvalue weighted by Gasteiger charge is -2.32. The van der Waals surface area contributed by atoms with Gasteiger partial charge in [0.25, 0.3) is 5.91 Å². The first-order valence-electron chi connectivity index (χ1n) is 8.62. The molecule has 1 aliphatic heterocycles. The van der Waals surface area contributed by atoms with Gasteiger partial charge in [0, 0.05) is 44.0 Å². The minimum Gasteiger partial charge on any atom is -0.335 e. The van der Waals surface area contributed by atoms with E-state index >= 15 is 0 Å². The van der Waals surface area contributed by atoms with Crippen molar-refractivity contribution in [2.75, 3.05) is 38.5 Å². The van der Waals surface area contributed by atoms with Crippen LogP contribution in [0.1, 0.15) is 10.5 Å². The Hall–Kier alpha value is -3.06. The van der Waals surface area contributed by atoms with Crippen molar-refractivity contribution in [2.24, 2.45) is 0 Å². The molecule has 26 heavy (non-hydrogen) atoms. The molecule has 0 spiro atoms. The number of aromatic nitrogens is 3. The monoisotopic (exact) mass is 348 g/mol. The summed E-state index contributed by atoms with van der Waals surface area (Å²) < 4.78 is 0. The molecule has 132 valence electrons. The average Bonchev–Trinajstić information content (AvgIpc) is 2.69. The number of fused-ring (bicyclic) bond motifs is 1. The predicted molar refractivity (Wildman–Crippen MR) is 100 cm³/mol. The number of carbonyl (C=O) groups excluding carboxylic acids is 1. The first-order chi connectivity index (χ1) is 12.7. The van der Waals surface area contributed by atoms with Gasteiger partial charge in [-0.1, -0.05) is 18.2 Å². The lowest BCUT2D eigenvalue weighted by Crippen LogP contribution is -2.47. The third-order valence-corrected chi connectivity index (χ3v) is 4.54. The van der Waals surface area contributed by atoms with Gasteiger partial charge in [0.05, 0.1) is 11.2 Å². The molecule has 7 heteroatoms. The molecule has 0 bridgehead atoms. The molecule has 1 saturated heterocycles. The summed E-state index contributed by atoms with van der Waals surface area (Å²) in [5.74, 6) is 0.336. The number of likely N-dealkylation sites (N-methyl/N-ethyl adjacent to an activating group) is 1. The molecule has 7 nitrogen and oxygen atoms in total. The van der Waals surface area contributed by atoms with Crippen LogP contribution in [0.15, 0.2) is 48.8 Å². The number of hydrogen-bond acceptors (Lipinski definition) is 6. The van der Waals surface area contributed by atoms with Gasteiger partial charge in [-0.3, -0.25) is 9.78 Å². The Morgan fingerprint density at radius 2 is 1.81 bits per heavy atom. The highest BCUT2D eigenvalue weighted by atomic mass is 16.2. The van der Waals surface area contributed by atoms with Gasteiger partial charge in [0.2, 0.25) is 5.95 Å². The number of rotatable bonds is 3. The van der Waals surface area contributed by atoms with Gasteiger partial charge in [0.1, 0.15) is 5.69 Å². The fraction of sp³-hybridized carbons (Fsp3) is 0.263. The number of benzene rings is 1. The summed E-state index contributed by atoms with van der Waals surface area (Å²) in [4.78, 5) is 29.8. The molecule has 2 aromatic heterocycles. The second-order valence-corrected chi connectivity index (χ2v) is 6.37. The van der Waals surface area contributed by atoms with Crippen LogP contribution in [0.5, 0.6) is 0 Å². The van der Waals surface area contributed by atoms with Gasteiger partial charge in [-0.25, -0.2) is 9.97 Å². The zero-order chi connectivity index (χ0) is 17.9. The maximum Gasteiger partial charge on any atom is 0.272 e. The number of anilines is 2. The smallest absolute Gasteiger partial charge is 0.272 e. The molecule has 1 fully saturated rings. The number of nitrogens with zero attached hydrogens (tertiary/aromatic N) is 5. The van der Waals surface area contributed by atoms with Crippen LogP contribution in [0.4, 0.5) is 11.6 Å². The van der Waals surface area contributed by atoms with E-state index < -0.39 is 0 Å². The van der Waals surface area contributed by atoms with Crippen LogP contribution in [0, 0.1) is 0 Å². The van der Waals surface area contributed by atoms with E-state index in [-0.39, 0.29) is 5.91 Å². The fourth-order valence-corrected chi connectivity index (χ4v) is 3.04. The predicted octanol–water partition coefficient (Wildman–Crippen LogP) is 2.16. The van der Waals surface area contributed by atoms with Gasteiger partial charge < -0.3 is 15.1 Å². The molecule has 4 rings (SSSR count). The first-order valence-corrected chi connectivity index (χ1v) is 8.62. The molecule has 1 N–H and O–H groups in total. The first kappa shape index (κ1) is 16.4. The van der Waals surface area contributed by atoms with Crippen molar-refractivity contribution in [1.82, 2.24) is 24.8 Å². The Morgan fingerprint density at radius 1 is 1.00 bits per heavy atom. The average molecular weight is 348 g/mol. The van der Waals surface area contributed by atoms with Crippen molar-refractivity contribution >= 4 is 28.4 Å². The summed E-state index contributed by atoms with van der Waals surface area (Å²) >= 11 is 0. The van der Waals surface area contributed by atoms with E-state index in [4.69, 9.17) is 0 Å². The molecule has 3 heterocycles. The van der Waals surface area contributed by atoms with Gasteiger partial charge in [-0.2, -0.15) is 0 Å². The Balaban J connectivity index is 1.57. The highest BCUT2D eigenvalue weighted by molar-refractivity contribution is 5.93. The molecule has 1 aliphatic rings. The Bertz CT molecular complexity index is 931. The number of amides is 1. The number of hydrogen-bond donors (Lipinski definition) is 1. The summed E-state index contributed by atoms with van der Waals surface area (Å²) in [6.07, 6.45) is 3.36. The van der Waals surface area contributed by atoms with E-state index in [1.165, 1.54) is 0 Å². The third-order valence-electron chi connectivity index (χ3n) is 4.54. The van der Waals surface area contributed by atoms with Crippen LogP contribution in [0.2, 0.25) is 0 Å². The summed E-state index contributed by atoms with van der Waals surface area (Å²) in [6.45, 7) is 3.19. The fourth-order valence-electron chi connectivity index (χ4n) is 3.04. The molecule has 0 radical (unpaired) electrons. The van der Waals surface area contributed by atoms with Crippen molar-refractivity contribution < 1.29 is 4.79 Å². The number of piperazine rings is 1. The minimum absolute atomic E-state index is 0.0559. The Labute approximate surface area is 151 Å². The minimum atomic E-state index is -0.0559. The molecule has 0 saturated carbocycles. The van der Waals surface area contributed by atoms with Crippen molar-refractivity contribution in [1.29, 1.82) is 0 Å². The van der Waals surface area contributed by atoms with Crippen LogP contribution >= 0.6 is 0 Å². The molecule has 3 aromatic rings. The number of nitrogens with one attached hydrogen (secondary N) is 1. The number of carbonyl (C=O) groups is 1. The van der Waals surface area contributed by atoms with Crippen molar-refractivity contribution in [3.63, 3.8) is 0 Å². The molecular formula is C19H20N6O. The quantitative estimate of drug-likeness (QED) is 0.782. The number of para-hydroxylation sites is 1. The normalized spacial score (nSPS) is 15.2. The molecular weight excluding hydrogens is 328 g/mol. The van der Waals surface area contributed by atoms with E-state index in [0.29, 0.717) is 11.6 Å². The molecule has 1 amide bonds. The maximum atomic E-state index is 12.7. The lowest BCUT2D eigenvalue weighted by molar-refractivity contribution is 0.0658. The van der Waals surface area contributed by atoms with Gasteiger partial charge in [-0.15, -0.1) is 0 Å². The van der Waals surface area contributed by atoms with E-state index in [2.05, 4.69) is 32.2 Å². The molecule has 1 aromatic carbocycles. The zero-order valence-electron chi connectivity index (χ0n) is 14.6. The van der Waals surface area contributed by atoms with Crippen molar-refractivity contribution in [2.45, 2.75) is 0 Å². The number of pyridine rings is 1. The van der Waals surface area contributed by atoms with Crippen LogP contribution in [0.25, 0.3) is 10.9 Å². The SMILES string of the molecule is CN1CCN(C(=O)c2ccnc(Nc3cccc4cccnc34)n2)CC1. The second kappa shape index (κ2) is 7.05. The molecule has 0 unspecified atom stereocenters. The summed E-state index contributed by atoms with van der Waals surface area (Å²) in [6, 6.07) is 11.4. The van der Waals surface area contributed by atoms with Crippen molar-refractivity contribution in [3.8, 4) is 0 Å². The van der Waals surface area contributed by atoms with E-state index in [9.17, 15) is 4.79 Å².